The van der Waals surface area contributed by atoms with E-state index in [1.165, 1.54) is 7.05 Å². The Morgan fingerprint density at radius 3 is 2.76 bits per heavy atom. The monoisotopic (exact) mass is 400 g/mol. The number of hydrogen-bond acceptors (Lipinski definition) is 4. The summed E-state index contributed by atoms with van der Waals surface area (Å²) >= 11 is 0. The van der Waals surface area contributed by atoms with Gasteiger partial charge in [-0.1, -0.05) is 0 Å². The number of imidazole rings is 1. The lowest BCUT2D eigenvalue weighted by Gasteiger charge is -2.24. The fourth-order valence-electron chi connectivity index (χ4n) is 3.63. The second kappa shape index (κ2) is 7.88. The van der Waals surface area contributed by atoms with Gasteiger partial charge in [0.15, 0.2) is 0 Å². The molecule has 1 aromatic carbocycles. The SMILES string of the molecule is CNC(=O)c1cc(F)c(-c2nc3cc(C)ccn3c2C[C@H]2CNCCO2)c(F)c1. The molecule has 1 aliphatic rings. The van der Waals surface area contributed by atoms with Gasteiger partial charge in [-0.25, -0.2) is 13.8 Å². The zero-order chi connectivity index (χ0) is 20.5. The third-order valence-corrected chi connectivity index (χ3v) is 5.07. The van der Waals surface area contributed by atoms with E-state index in [0.717, 1.165) is 24.2 Å². The maximum atomic E-state index is 14.9. The minimum Gasteiger partial charge on any atom is -0.375 e. The van der Waals surface area contributed by atoms with Crippen LogP contribution in [0.4, 0.5) is 8.78 Å². The van der Waals surface area contributed by atoms with Crippen LogP contribution in [0.1, 0.15) is 21.6 Å². The maximum Gasteiger partial charge on any atom is 0.251 e. The number of morpholine rings is 1. The average Bonchev–Trinajstić information content (AvgIpc) is 3.04. The molecule has 0 unspecified atom stereocenters. The number of aromatic nitrogens is 2. The number of carbonyl (C=O) groups is 1. The van der Waals surface area contributed by atoms with E-state index in [4.69, 9.17) is 4.74 Å². The van der Waals surface area contributed by atoms with Crippen molar-refractivity contribution in [1.29, 1.82) is 0 Å². The smallest absolute Gasteiger partial charge is 0.251 e. The van der Waals surface area contributed by atoms with Gasteiger partial charge in [-0.15, -0.1) is 0 Å². The number of nitrogens with zero attached hydrogens (tertiary/aromatic N) is 2. The van der Waals surface area contributed by atoms with Gasteiger partial charge >= 0.3 is 0 Å². The molecular weight excluding hydrogens is 378 g/mol. The van der Waals surface area contributed by atoms with Crippen LogP contribution in [0.2, 0.25) is 0 Å². The van der Waals surface area contributed by atoms with Crippen molar-refractivity contribution >= 4 is 11.6 Å². The third kappa shape index (κ3) is 3.73. The van der Waals surface area contributed by atoms with Crippen molar-refractivity contribution in [2.45, 2.75) is 19.4 Å². The molecule has 0 bridgehead atoms. The van der Waals surface area contributed by atoms with Crippen LogP contribution in [0.25, 0.3) is 16.9 Å². The lowest BCUT2D eigenvalue weighted by molar-refractivity contribution is 0.0286. The quantitative estimate of drug-likeness (QED) is 0.706. The number of nitrogens with one attached hydrogen (secondary N) is 2. The van der Waals surface area contributed by atoms with Crippen LogP contribution in [0, 0.1) is 18.6 Å². The Labute approximate surface area is 166 Å². The molecule has 29 heavy (non-hydrogen) atoms. The van der Waals surface area contributed by atoms with E-state index in [1.807, 2.05) is 29.7 Å². The zero-order valence-corrected chi connectivity index (χ0v) is 16.3. The molecule has 3 aromatic rings. The molecule has 4 rings (SSSR count). The highest BCUT2D eigenvalue weighted by molar-refractivity contribution is 5.94. The molecule has 8 heteroatoms. The minimum absolute atomic E-state index is 0.0766. The number of ether oxygens (including phenoxy) is 1. The van der Waals surface area contributed by atoms with Crippen molar-refractivity contribution in [2.24, 2.45) is 0 Å². The summed E-state index contributed by atoms with van der Waals surface area (Å²) in [6.45, 7) is 3.94. The highest BCUT2D eigenvalue weighted by Crippen LogP contribution is 2.31. The van der Waals surface area contributed by atoms with Gasteiger partial charge in [0.1, 0.15) is 17.3 Å². The van der Waals surface area contributed by atoms with Crippen LogP contribution < -0.4 is 10.6 Å². The normalized spacial score (nSPS) is 16.9. The van der Waals surface area contributed by atoms with Crippen molar-refractivity contribution < 1.29 is 18.3 Å². The Morgan fingerprint density at radius 1 is 1.34 bits per heavy atom. The van der Waals surface area contributed by atoms with Gasteiger partial charge in [-0.3, -0.25) is 4.79 Å². The first-order valence-corrected chi connectivity index (χ1v) is 9.49. The number of halogens is 2. The summed E-state index contributed by atoms with van der Waals surface area (Å²) in [4.78, 5) is 16.3. The van der Waals surface area contributed by atoms with E-state index in [9.17, 15) is 13.6 Å². The predicted octanol–water partition coefficient (Wildman–Crippen LogP) is 2.48. The number of hydrogen-bond donors (Lipinski definition) is 2. The first-order chi connectivity index (χ1) is 14.0. The molecule has 0 saturated carbocycles. The van der Waals surface area contributed by atoms with E-state index in [0.29, 0.717) is 30.9 Å². The number of pyridine rings is 1. The summed E-state index contributed by atoms with van der Waals surface area (Å²) < 4.78 is 37.5. The Bertz CT molecular complexity index is 1050. The van der Waals surface area contributed by atoms with Gasteiger partial charge in [0.25, 0.3) is 5.91 Å². The van der Waals surface area contributed by atoms with Crippen molar-refractivity contribution in [3.8, 4) is 11.3 Å². The van der Waals surface area contributed by atoms with E-state index >= 15 is 0 Å². The molecule has 1 aliphatic heterocycles. The van der Waals surface area contributed by atoms with Crippen LogP contribution in [-0.2, 0) is 11.2 Å². The zero-order valence-electron chi connectivity index (χ0n) is 16.3. The average molecular weight is 400 g/mol. The summed E-state index contributed by atoms with van der Waals surface area (Å²) in [5.41, 5.74) is 2.17. The summed E-state index contributed by atoms with van der Waals surface area (Å²) in [5, 5.41) is 5.64. The van der Waals surface area contributed by atoms with Crippen molar-refractivity contribution in [1.82, 2.24) is 20.0 Å². The van der Waals surface area contributed by atoms with E-state index in [2.05, 4.69) is 15.6 Å². The van der Waals surface area contributed by atoms with E-state index in [-0.39, 0.29) is 22.9 Å². The number of amides is 1. The molecule has 1 atom stereocenters. The molecule has 0 aliphatic carbocycles. The topological polar surface area (TPSA) is 67.7 Å². The first-order valence-electron chi connectivity index (χ1n) is 9.49. The van der Waals surface area contributed by atoms with Gasteiger partial charge in [0.2, 0.25) is 0 Å². The Balaban J connectivity index is 1.86. The molecule has 1 saturated heterocycles. The summed E-state index contributed by atoms with van der Waals surface area (Å²) in [5.74, 6) is -2.21. The fraction of sp³-hybridized carbons (Fsp3) is 0.333. The third-order valence-electron chi connectivity index (χ3n) is 5.07. The first kappa shape index (κ1) is 19.5. The Hall–Kier alpha value is -2.84. The van der Waals surface area contributed by atoms with Gasteiger partial charge in [0.05, 0.1) is 29.7 Å². The molecule has 2 aromatic heterocycles. The minimum atomic E-state index is -0.826. The molecular formula is C21H22F2N4O2. The molecule has 6 nitrogen and oxygen atoms in total. The lowest BCUT2D eigenvalue weighted by atomic mass is 10.0. The molecule has 152 valence electrons. The van der Waals surface area contributed by atoms with Crippen LogP contribution in [0.3, 0.4) is 0 Å². The van der Waals surface area contributed by atoms with E-state index in [1.54, 1.807) is 0 Å². The molecule has 0 radical (unpaired) electrons. The van der Waals surface area contributed by atoms with Gasteiger partial charge in [0, 0.05) is 38.3 Å². The highest BCUT2D eigenvalue weighted by Gasteiger charge is 2.25. The number of benzene rings is 1. The molecule has 1 fully saturated rings. The summed E-state index contributed by atoms with van der Waals surface area (Å²) in [6, 6.07) is 5.86. The van der Waals surface area contributed by atoms with Crippen LogP contribution >= 0.6 is 0 Å². The van der Waals surface area contributed by atoms with Gasteiger partial charge in [-0.05, 0) is 36.8 Å². The largest absolute Gasteiger partial charge is 0.375 e. The lowest BCUT2D eigenvalue weighted by Crippen LogP contribution is -2.39. The number of aryl methyl sites for hydroxylation is 1. The number of rotatable bonds is 4. The van der Waals surface area contributed by atoms with Crippen LogP contribution in [0.15, 0.2) is 30.5 Å². The summed E-state index contributed by atoms with van der Waals surface area (Å²) in [6.07, 6.45) is 2.17. The molecule has 1 amide bonds. The highest BCUT2D eigenvalue weighted by atomic mass is 19.1. The van der Waals surface area contributed by atoms with Crippen LogP contribution in [-0.4, -0.2) is 48.1 Å². The van der Waals surface area contributed by atoms with Gasteiger partial charge in [-0.2, -0.15) is 0 Å². The van der Waals surface area contributed by atoms with E-state index < -0.39 is 17.5 Å². The molecule has 3 heterocycles. The summed E-state index contributed by atoms with van der Waals surface area (Å²) in [7, 11) is 1.41. The van der Waals surface area contributed by atoms with Crippen molar-refractivity contribution in [2.75, 3.05) is 26.7 Å². The second-order valence-corrected chi connectivity index (χ2v) is 7.13. The van der Waals surface area contributed by atoms with Crippen LogP contribution in [0.5, 0.6) is 0 Å². The fourth-order valence-corrected chi connectivity index (χ4v) is 3.63. The maximum absolute atomic E-state index is 14.9. The standard InChI is InChI=1S/C21H22F2N4O2/c1-12-3-5-27-17(10-14-11-25-4-6-29-14)20(26-18(27)7-12)19-15(22)8-13(9-16(19)23)21(28)24-2/h3,5,7-9,14,25H,4,6,10-11H2,1-2H3,(H,24,28)/t14-/m0/s1. The Morgan fingerprint density at radius 2 is 2.10 bits per heavy atom. The van der Waals surface area contributed by atoms with Crippen molar-refractivity contribution in [3.05, 3.63) is 58.9 Å². The molecule has 0 spiro atoms. The van der Waals surface area contributed by atoms with Crippen molar-refractivity contribution in [3.63, 3.8) is 0 Å². The second-order valence-electron chi connectivity index (χ2n) is 7.13. The Kier molecular flexibility index (Phi) is 5.29. The predicted molar refractivity (Wildman–Crippen MR) is 105 cm³/mol. The number of fused-ring (bicyclic) bond motifs is 1. The molecule has 2 N–H and O–H groups in total. The van der Waals surface area contributed by atoms with Gasteiger partial charge < -0.3 is 19.8 Å². The number of carbonyl (C=O) groups excluding carboxylic acids is 1.